The molecule has 118 valence electrons. The SMILES string of the molecule is CCCCNC(=O)COc1ccc(CC(C)NCC)cc1. The molecule has 0 saturated carbocycles. The number of rotatable bonds is 10. The number of hydrogen-bond donors (Lipinski definition) is 2. The predicted octanol–water partition coefficient (Wildman–Crippen LogP) is 2.52. The van der Waals surface area contributed by atoms with E-state index in [-0.39, 0.29) is 12.5 Å². The molecule has 1 unspecified atom stereocenters. The van der Waals surface area contributed by atoms with Crippen molar-refractivity contribution in [3.8, 4) is 5.75 Å². The number of hydrogen-bond acceptors (Lipinski definition) is 3. The maximum Gasteiger partial charge on any atom is 0.257 e. The first-order valence-corrected chi connectivity index (χ1v) is 7.87. The maximum absolute atomic E-state index is 11.5. The molecule has 2 N–H and O–H groups in total. The van der Waals surface area contributed by atoms with Gasteiger partial charge in [0, 0.05) is 12.6 Å². The van der Waals surface area contributed by atoms with E-state index in [2.05, 4.69) is 43.5 Å². The molecule has 1 aromatic rings. The lowest BCUT2D eigenvalue weighted by Gasteiger charge is -2.12. The van der Waals surface area contributed by atoms with Crippen molar-refractivity contribution >= 4 is 5.91 Å². The predicted molar refractivity (Wildman–Crippen MR) is 86.7 cm³/mol. The molecule has 1 aromatic carbocycles. The maximum atomic E-state index is 11.5. The molecular weight excluding hydrogens is 264 g/mol. The summed E-state index contributed by atoms with van der Waals surface area (Å²) in [6.45, 7) is 8.17. The zero-order valence-electron chi connectivity index (χ0n) is 13.4. The van der Waals surface area contributed by atoms with Gasteiger partial charge >= 0.3 is 0 Å². The topological polar surface area (TPSA) is 50.4 Å². The van der Waals surface area contributed by atoms with E-state index in [1.165, 1.54) is 5.56 Å². The number of likely N-dealkylation sites (N-methyl/N-ethyl adjacent to an activating group) is 1. The Kier molecular flexibility index (Phi) is 8.51. The molecule has 0 bridgehead atoms. The lowest BCUT2D eigenvalue weighted by molar-refractivity contribution is -0.123. The second-order valence-corrected chi connectivity index (χ2v) is 5.30. The second-order valence-electron chi connectivity index (χ2n) is 5.30. The molecule has 0 spiro atoms. The Morgan fingerprint density at radius 2 is 1.95 bits per heavy atom. The fourth-order valence-electron chi connectivity index (χ4n) is 2.10. The highest BCUT2D eigenvalue weighted by Crippen LogP contribution is 2.13. The fraction of sp³-hybridized carbons (Fsp3) is 0.588. The van der Waals surface area contributed by atoms with E-state index in [9.17, 15) is 4.79 Å². The summed E-state index contributed by atoms with van der Waals surface area (Å²) in [4.78, 5) is 11.5. The Morgan fingerprint density at radius 1 is 1.24 bits per heavy atom. The van der Waals surface area contributed by atoms with E-state index in [1.54, 1.807) is 0 Å². The Labute approximate surface area is 128 Å². The zero-order valence-corrected chi connectivity index (χ0v) is 13.4. The third-order valence-electron chi connectivity index (χ3n) is 3.24. The summed E-state index contributed by atoms with van der Waals surface area (Å²) in [7, 11) is 0. The lowest BCUT2D eigenvalue weighted by atomic mass is 10.1. The Balaban J connectivity index is 2.32. The number of carbonyl (C=O) groups is 1. The van der Waals surface area contributed by atoms with Gasteiger partial charge in [-0.05, 0) is 44.0 Å². The average Bonchev–Trinajstić information content (AvgIpc) is 2.47. The van der Waals surface area contributed by atoms with Crippen LogP contribution >= 0.6 is 0 Å². The number of ether oxygens (including phenoxy) is 1. The van der Waals surface area contributed by atoms with E-state index < -0.39 is 0 Å². The monoisotopic (exact) mass is 292 g/mol. The Bertz CT molecular complexity index is 404. The molecule has 0 fully saturated rings. The number of carbonyl (C=O) groups excluding carboxylic acids is 1. The van der Waals surface area contributed by atoms with Gasteiger partial charge in [-0.3, -0.25) is 4.79 Å². The lowest BCUT2D eigenvalue weighted by Crippen LogP contribution is -2.29. The van der Waals surface area contributed by atoms with Crippen LogP contribution in [-0.4, -0.2) is 31.6 Å². The standard InChI is InChI=1S/C17H28N2O2/c1-4-6-11-19-17(20)13-21-16-9-7-15(8-10-16)12-14(3)18-5-2/h7-10,14,18H,4-6,11-13H2,1-3H3,(H,19,20). The van der Waals surface area contributed by atoms with Crippen LogP contribution < -0.4 is 15.4 Å². The van der Waals surface area contributed by atoms with Gasteiger partial charge in [-0.1, -0.05) is 32.4 Å². The van der Waals surface area contributed by atoms with E-state index in [4.69, 9.17) is 4.74 Å². The first-order valence-electron chi connectivity index (χ1n) is 7.87. The van der Waals surface area contributed by atoms with Gasteiger partial charge in [0.25, 0.3) is 5.91 Å². The van der Waals surface area contributed by atoms with Crippen molar-refractivity contribution in [1.29, 1.82) is 0 Å². The fourth-order valence-corrected chi connectivity index (χ4v) is 2.10. The molecule has 0 saturated heterocycles. The highest BCUT2D eigenvalue weighted by molar-refractivity contribution is 5.77. The molecule has 0 aliphatic rings. The number of unbranched alkanes of at least 4 members (excludes halogenated alkanes) is 1. The van der Waals surface area contributed by atoms with Gasteiger partial charge in [-0.2, -0.15) is 0 Å². The van der Waals surface area contributed by atoms with Crippen LogP contribution in [0.3, 0.4) is 0 Å². The van der Waals surface area contributed by atoms with Crippen LogP contribution in [0.1, 0.15) is 39.2 Å². The number of nitrogens with one attached hydrogen (secondary N) is 2. The second kappa shape index (κ2) is 10.2. The van der Waals surface area contributed by atoms with Gasteiger partial charge in [-0.15, -0.1) is 0 Å². The third kappa shape index (κ3) is 7.71. The molecule has 4 nitrogen and oxygen atoms in total. The van der Waals surface area contributed by atoms with Crippen LogP contribution in [0.4, 0.5) is 0 Å². The summed E-state index contributed by atoms with van der Waals surface area (Å²) in [5.41, 5.74) is 1.27. The smallest absolute Gasteiger partial charge is 0.257 e. The van der Waals surface area contributed by atoms with Crippen molar-refractivity contribution in [2.75, 3.05) is 19.7 Å². The van der Waals surface area contributed by atoms with E-state index >= 15 is 0 Å². The quantitative estimate of drug-likeness (QED) is 0.652. The van der Waals surface area contributed by atoms with E-state index in [1.807, 2.05) is 12.1 Å². The summed E-state index contributed by atoms with van der Waals surface area (Å²) in [6, 6.07) is 8.42. The van der Waals surface area contributed by atoms with Crippen LogP contribution in [-0.2, 0) is 11.2 Å². The highest BCUT2D eigenvalue weighted by atomic mass is 16.5. The zero-order chi connectivity index (χ0) is 15.5. The van der Waals surface area contributed by atoms with Gasteiger partial charge in [0.1, 0.15) is 5.75 Å². The van der Waals surface area contributed by atoms with Crippen molar-refractivity contribution in [2.45, 2.75) is 46.1 Å². The summed E-state index contributed by atoms with van der Waals surface area (Å²) in [6.07, 6.45) is 3.07. The molecule has 1 atom stereocenters. The minimum atomic E-state index is -0.0618. The summed E-state index contributed by atoms with van der Waals surface area (Å²) < 4.78 is 5.48. The molecule has 1 amide bonds. The molecule has 0 aromatic heterocycles. The van der Waals surface area contributed by atoms with E-state index in [0.29, 0.717) is 6.04 Å². The first kappa shape index (κ1) is 17.5. The van der Waals surface area contributed by atoms with Crippen LogP contribution in [0.15, 0.2) is 24.3 Å². The molecule has 0 aliphatic heterocycles. The van der Waals surface area contributed by atoms with Crippen molar-refractivity contribution in [1.82, 2.24) is 10.6 Å². The van der Waals surface area contributed by atoms with Crippen LogP contribution in [0, 0.1) is 0 Å². The highest BCUT2D eigenvalue weighted by Gasteiger charge is 2.04. The molecule has 21 heavy (non-hydrogen) atoms. The number of benzene rings is 1. The van der Waals surface area contributed by atoms with Crippen LogP contribution in [0.2, 0.25) is 0 Å². The van der Waals surface area contributed by atoms with Gasteiger partial charge in [-0.25, -0.2) is 0 Å². The van der Waals surface area contributed by atoms with Gasteiger partial charge in [0.2, 0.25) is 0 Å². The van der Waals surface area contributed by atoms with Gasteiger partial charge in [0.05, 0.1) is 0 Å². The number of amides is 1. The minimum Gasteiger partial charge on any atom is -0.484 e. The molecule has 1 rings (SSSR count). The van der Waals surface area contributed by atoms with Crippen LogP contribution in [0.25, 0.3) is 0 Å². The van der Waals surface area contributed by atoms with Crippen LogP contribution in [0.5, 0.6) is 5.75 Å². The third-order valence-corrected chi connectivity index (χ3v) is 3.24. The molecule has 0 heterocycles. The average molecular weight is 292 g/mol. The van der Waals surface area contributed by atoms with Gasteiger partial charge in [0.15, 0.2) is 6.61 Å². The van der Waals surface area contributed by atoms with E-state index in [0.717, 1.165) is 38.1 Å². The molecular formula is C17H28N2O2. The summed E-state index contributed by atoms with van der Waals surface area (Å²) in [5.74, 6) is 0.675. The molecule has 0 radical (unpaired) electrons. The van der Waals surface area contributed by atoms with Crippen molar-refractivity contribution in [3.05, 3.63) is 29.8 Å². The van der Waals surface area contributed by atoms with Crippen molar-refractivity contribution in [3.63, 3.8) is 0 Å². The summed E-state index contributed by atoms with van der Waals surface area (Å²) >= 11 is 0. The van der Waals surface area contributed by atoms with Crippen molar-refractivity contribution in [2.24, 2.45) is 0 Å². The Hall–Kier alpha value is -1.55. The van der Waals surface area contributed by atoms with Crippen molar-refractivity contribution < 1.29 is 9.53 Å². The normalized spacial score (nSPS) is 12.0. The molecule has 0 aliphatic carbocycles. The summed E-state index contributed by atoms with van der Waals surface area (Å²) in [5, 5.41) is 6.22. The minimum absolute atomic E-state index is 0.0618. The first-order chi connectivity index (χ1) is 10.2. The molecule has 4 heteroatoms. The largest absolute Gasteiger partial charge is 0.484 e. The van der Waals surface area contributed by atoms with Gasteiger partial charge < -0.3 is 15.4 Å². The Morgan fingerprint density at radius 3 is 2.57 bits per heavy atom.